The van der Waals surface area contributed by atoms with Crippen LogP contribution < -0.4 is 10.1 Å². The van der Waals surface area contributed by atoms with Crippen LogP contribution in [0.5, 0.6) is 5.75 Å². The normalized spacial score (nSPS) is 12.0. The predicted octanol–water partition coefficient (Wildman–Crippen LogP) is 0.436. The van der Waals surface area contributed by atoms with Crippen LogP contribution in [0.2, 0.25) is 0 Å². The summed E-state index contributed by atoms with van der Waals surface area (Å²) in [6.07, 6.45) is 0. The van der Waals surface area contributed by atoms with Crippen LogP contribution in [0.25, 0.3) is 5.69 Å². The van der Waals surface area contributed by atoms with Crippen molar-refractivity contribution in [1.82, 2.24) is 25.5 Å². The van der Waals surface area contributed by atoms with E-state index in [0.717, 1.165) is 5.75 Å². The molecule has 0 aliphatic heterocycles. The predicted molar refractivity (Wildman–Crippen MR) is 74.5 cm³/mol. The van der Waals surface area contributed by atoms with Crippen LogP contribution in [0.1, 0.15) is 17.5 Å². The Labute approximate surface area is 122 Å². The van der Waals surface area contributed by atoms with Gasteiger partial charge in [-0.05, 0) is 36.4 Å². The van der Waals surface area contributed by atoms with Crippen molar-refractivity contribution in [2.45, 2.75) is 13.0 Å². The molecule has 112 valence electrons. The molecule has 8 nitrogen and oxygen atoms in total. The maximum absolute atomic E-state index is 11.9. The van der Waals surface area contributed by atoms with Gasteiger partial charge in [-0.2, -0.15) is 0 Å². The monoisotopic (exact) mass is 291 g/mol. The zero-order valence-corrected chi connectivity index (χ0v) is 12.1. The third-order valence-corrected chi connectivity index (χ3v) is 2.71. The van der Waals surface area contributed by atoms with Crippen molar-refractivity contribution in [3.63, 3.8) is 0 Å². The topological polar surface area (TPSA) is 91.2 Å². The summed E-state index contributed by atoms with van der Waals surface area (Å²) in [4.78, 5) is 13.2. The lowest BCUT2D eigenvalue weighted by atomic mass is 10.3. The number of carbonyl (C=O) groups is 1. The number of nitrogens with zero attached hydrogens (tertiary/aromatic N) is 4. The summed E-state index contributed by atoms with van der Waals surface area (Å²) in [5.41, 5.74) is 0.687. The molecule has 1 heterocycles. The van der Waals surface area contributed by atoms with E-state index < -0.39 is 0 Å². The molecule has 2 aromatic rings. The first-order valence-corrected chi connectivity index (χ1v) is 6.38. The number of hydrogen-bond donors (Lipinski definition) is 1. The third kappa shape index (κ3) is 3.76. The lowest BCUT2D eigenvalue weighted by molar-refractivity contribution is 0.0895. The van der Waals surface area contributed by atoms with Gasteiger partial charge in [0.1, 0.15) is 5.75 Å². The quantitative estimate of drug-likeness (QED) is 0.830. The van der Waals surface area contributed by atoms with Crippen LogP contribution in [-0.2, 0) is 4.74 Å². The Balaban J connectivity index is 2.08. The Kier molecular flexibility index (Phi) is 4.83. The van der Waals surface area contributed by atoms with Gasteiger partial charge in [0.2, 0.25) is 0 Å². The third-order valence-electron chi connectivity index (χ3n) is 2.71. The van der Waals surface area contributed by atoms with Gasteiger partial charge in [-0.3, -0.25) is 4.79 Å². The Morgan fingerprint density at radius 2 is 2.05 bits per heavy atom. The lowest BCUT2D eigenvalue weighted by Gasteiger charge is -2.10. The number of aromatic nitrogens is 4. The zero-order chi connectivity index (χ0) is 15.2. The van der Waals surface area contributed by atoms with Gasteiger partial charge < -0.3 is 14.8 Å². The van der Waals surface area contributed by atoms with Crippen molar-refractivity contribution < 1.29 is 14.3 Å². The van der Waals surface area contributed by atoms with Crippen molar-refractivity contribution in [2.24, 2.45) is 0 Å². The van der Waals surface area contributed by atoms with Crippen LogP contribution in [0.15, 0.2) is 24.3 Å². The molecule has 1 atom stereocenters. The van der Waals surface area contributed by atoms with E-state index in [1.165, 1.54) is 4.80 Å². The first-order chi connectivity index (χ1) is 10.1. The van der Waals surface area contributed by atoms with Gasteiger partial charge in [-0.25, -0.2) is 0 Å². The average Bonchev–Trinajstić information content (AvgIpc) is 2.97. The van der Waals surface area contributed by atoms with Crippen molar-refractivity contribution >= 4 is 5.91 Å². The van der Waals surface area contributed by atoms with Crippen LogP contribution in [0.3, 0.4) is 0 Å². The molecule has 0 saturated heterocycles. The fraction of sp³-hybridized carbons (Fsp3) is 0.385. The molecule has 1 N–H and O–H groups in total. The minimum Gasteiger partial charge on any atom is -0.497 e. The standard InChI is InChI=1S/C13H17N5O3/c1-9(8-20-2)14-13(19)12-15-17-18(16-12)10-4-6-11(21-3)7-5-10/h4-7,9H,8H2,1-3H3,(H,14,19). The largest absolute Gasteiger partial charge is 0.497 e. The van der Waals surface area contributed by atoms with Crippen molar-refractivity contribution in [3.05, 3.63) is 30.1 Å². The molecule has 8 heteroatoms. The summed E-state index contributed by atoms with van der Waals surface area (Å²) < 4.78 is 10.0. The Morgan fingerprint density at radius 3 is 2.67 bits per heavy atom. The molecule has 0 aliphatic rings. The van der Waals surface area contributed by atoms with E-state index in [0.29, 0.717) is 12.3 Å². The lowest BCUT2D eigenvalue weighted by Crippen LogP contribution is -2.36. The zero-order valence-electron chi connectivity index (χ0n) is 12.1. The summed E-state index contributed by atoms with van der Waals surface area (Å²) >= 11 is 0. The summed E-state index contributed by atoms with van der Waals surface area (Å²) in [7, 11) is 3.16. The summed E-state index contributed by atoms with van der Waals surface area (Å²) in [6, 6.07) is 6.97. The molecule has 1 amide bonds. The number of amides is 1. The van der Waals surface area contributed by atoms with Crippen molar-refractivity contribution in [3.8, 4) is 11.4 Å². The number of tetrazole rings is 1. The van der Waals surface area contributed by atoms with Gasteiger partial charge in [0.05, 0.1) is 19.4 Å². The second-order valence-corrected chi connectivity index (χ2v) is 4.43. The average molecular weight is 291 g/mol. The molecule has 21 heavy (non-hydrogen) atoms. The van der Waals surface area contributed by atoms with Crippen LogP contribution in [-0.4, -0.2) is 53.0 Å². The Bertz CT molecular complexity index is 596. The minimum atomic E-state index is -0.390. The number of benzene rings is 1. The van der Waals surface area contributed by atoms with E-state index in [-0.39, 0.29) is 17.8 Å². The van der Waals surface area contributed by atoms with Crippen molar-refractivity contribution in [2.75, 3.05) is 20.8 Å². The fourth-order valence-electron chi connectivity index (χ4n) is 1.71. The molecular weight excluding hydrogens is 274 g/mol. The Hall–Kier alpha value is -2.48. The second kappa shape index (κ2) is 6.80. The van der Waals surface area contributed by atoms with Gasteiger partial charge in [0.15, 0.2) is 0 Å². The van der Waals surface area contributed by atoms with Crippen LogP contribution in [0, 0.1) is 0 Å². The van der Waals surface area contributed by atoms with E-state index in [1.807, 2.05) is 6.92 Å². The highest BCUT2D eigenvalue weighted by Gasteiger charge is 2.15. The summed E-state index contributed by atoms with van der Waals surface area (Å²) in [5, 5.41) is 14.4. The summed E-state index contributed by atoms with van der Waals surface area (Å²) in [6.45, 7) is 2.24. The van der Waals surface area contributed by atoms with Gasteiger partial charge in [-0.1, -0.05) is 0 Å². The molecular formula is C13H17N5O3. The molecule has 1 unspecified atom stereocenters. The first kappa shape index (κ1) is 14.9. The van der Waals surface area contributed by atoms with E-state index in [4.69, 9.17) is 9.47 Å². The molecule has 0 saturated carbocycles. The highest BCUT2D eigenvalue weighted by atomic mass is 16.5. The molecule has 0 fully saturated rings. The number of carbonyl (C=O) groups excluding carboxylic acids is 1. The van der Waals surface area contributed by atoms with Gasteiger partial charge in [0.25, 0.3) is 11.7 Å². The van der Waals surface area contributed by atoms with Gasteiger partial charge >= 0.3 is 0 Å². The molecule has 0 aliphatic carbocycles. The number of nitrogens with one attached hydrogen (secondary N) is 1. The Morgan fingerprint density at radius 1 is 1.33 bits per heavy atom. The molecule has 0 spiro atoms. The fourth-order valence-corrected chi connectivity index (χ4v) is 1.71. The van der Waals surface area contributed by atoms with E-state index in [9.17, 15) is 4.79 Å². The van der Waals surface area contributed by atoms with Crippen LogP contribution in [0.4, 0.5) is 0 Å². The van der Waals surface area contributed by atoms with E-state index in [2.05, 4.69) is 20.7 Å². The van der Waals surface area contributed by atoms with Gasteiger partial charge in [-0.15, -0.1) is 15.0 Å². The molecule has 0 radical (unpaired) electrons. The van der Waals surface area contributed by atoms with E-state index in [1.54, 1.807) is 38.5 Å². The minimum absolute atomic E-state index is 0.00812. The van der Waals surface area contributed by atoms with E-state index >= 15 is 0 Å². The van der Waals surface area contributed by atoms with Crippen LogP contribution >= 0.6 is 0 Å². The highest BCUT2D eigenvalue weighted by molar-refractivity contribution is 5.90. The summed E-state index contributed by atoms with van der Waals surface area (Å²) in [5.74, 6) is 0.346. The maximum Gasteiger partial charge on any atom is 0.293 e. The van der Waals surface area contributed by atoms with Crippen molar-refractivity contribution in [1.29, 1.82) is 0 Å². The number of hydrogen-bond acceptors (Lipinski definition) is 6. The molecule has 1 aromatic carbocycles. The second-order valence-electron chi connectivity index (χ2n) is 4.43. The molecule has 2 rings (SSSR count). The van der Waals surface area contributed by atoms with Gasteiger partial charge in [0, 0.05) is 13.2 Å². The molecule has 0 bridgehead atoms. The SMILES string of the molecule is COCC(C)NC(=O)c1nnn(-c2ccc(OC)cc2)n1. The molecule has 1 aromatic heterocycles. The number of methoxy groups -OCH3 is 2. The smallest absolute Gasteiger partial charge is 0.293 e. The highest BCUT2D eigenvalue weighted by Crippen LogP contribution is 2.13. The number of rotatable bonds is 6. The number of ether oxygens (including phenoxy) is 2. The maximum atomic E-state index is 11.9. The first-order valence-electron chi connectivity index (χ1n) is 6.38.